The van der Waals surface area contributed by atoms with Crippen LogP contribution in [0.15, 0.2) is 33.6 Å². The zero-order chi connectivity index (χ0) is 18.4. The Bertz CT molecular complexity index is 663. The number of aryl methyl sites for hydroxylation is 1. The molecule has 1 aliphatic heterocycles. The van der Waals surface area contributed by atoms with E-state index in [1.54, 1.807) is 0 Å². The number of allylic oxidation sites excluding steroid dienone is 1. The third-order valence-corrected chi connectivity index (χ3v) is 4.95. The molecule has 1 aromatic rings. The Labute approximate surface area is 151 Å². The minimum Gasteiger partial charge on any atom is -0.387 e. The number of nitrogens with one attached hydrogen (secondary N) is 2. The smallest absolute Gasteiger partial charge is 0.132 e. The van der Waals surface area contributed by atoms with Crippen molar-refractivity contribution < 1.29 is 0 Å². The van der Waals surface area contributed by atoms with Crippen molar-refractivity contribution >= 4 is 11.7 Å². The first-order chi connectivity index (χ1) is 11.9. The average molecular weight is 344 g/mol. The number of aromatic nitrogens is 1. The number of aliphatic imine (C=N–C) groups is 2. The van der Waals surface area contributed by atoms with Crippen LogP contribution in [0.25, 0.3) is 0 Å². The molecule has 0 bridgehead atoms. The third-order valence-electron chi connectivity index (χ3n) is 4.95. The Morgan fingerprint density at radius 3 is 2.80 bits per heavy atom. The van der Waals surface area contributed by atoms with E-state index in [1.165, 1.54) is 16.8 Å². The Kier molecular flexibility index (Phi) is 6.85. The summed E-state index contributed by atoms with van der Waals surface area (Å²) in [6.45, 7) is 11.6. The van der Waals surface area contributed by atoms with Crippen LogP contribution in [0.5, 0.6) is 0 Å². The molecular weight excluding hydrogens is 310 g/mol. The number of aromatic amines is 1. The van der Waals surface area contributed by atoms with Crippen LogP contribution in [0.3, 0.4) is 0 Å². The molecule has 2 heterocycles. The molecule has 0 aromatic carbocycles. The summed E-state index contributed by atoms with van der Waals surface area (Å²) in [4.78, 5) is 12.8. The van der Waals surface area contributed by atoms with Gasteiger partial charge in [-0.25, -0.2) is 4.99 Å². The van der Waals surface area contributed by atoms with Crippen LogP contribution in [-0.4, -0.2) is 23.2 Å². The van der Waals surface area contributed by atoms with E-state index in [9.17, 15) is 0 Å². The fourth-order valence-electron chi connectivity index (χ4n) is 3.15. The van der Waals surface area contributed by atoms with Gasteiger partial charge in [-0.3, -0.25) is 4.99 Å². The summed E-state index contributed by atoms with van der Waals surface area (Å²) >= 11 is 0. The van der Waals surface area contributed by atoms with E-state index in [-0.39, 0.29) is 5.92 Å². The van der Waals surface area contributed by atoms with Gasteiger partial charge in [0, 0.05) is 30.8 Å². The van der Waals surface area contributed by atoms with Crippen LogP contribution in [0, 0.1) is 18.8 Å². The topological polar surface area (TPSA) is 78.6 Å². The van der Waals surface area contributed by atoms with Gasteiger partial charge in [-0.2, -0.15) is 0 Å². The van der Waals surface area contributed by atoms with Crippen LogP contribution in [0.4, 0.5) is 0 Å². The van der Waals surface area contributed by atoms with Crippen molar-refractivity contribution in [2.75, 3.05) is 6.54 Å². The van der Waals surface area contributed by atoms with Crippen LogP contribution in [0.1, 0.15) is 58.2 Å². The Balaban J connectivity index is 2.21. The second kappa shape index (κ2) is 8.88. The van der Waals surface area contributed by atoms with Gasteiger partial charge in [-0.05, 0) is 49.3 Å². The van der Waals surface area contributed by atoms with Crippen molar-refractivity contribution in [1.29, 1.82) is 0 Å². The third kappa shape index (κ3) is 5.21. The van der Waals surface area contributed by atoms with Crippen LogP contribution < -0.4 is 11.1 Å². The molecule has 1 atom stereocenters. The largest absolute Gasteiger partial charge is 0.387 e. The van der Waals surface area contributed by atoms with Gasteiger partial charge in [0.2, 0.25) is 0 Å². The van der Waals surface area contributed by atoms with E-state index in [0.29, 0.717) is 5.92 Å². The standard InChI is InChI=1S/C20H33N5/c1-6-17(13(2)3)20-24-18(8-7-14(4)19(21)25-20)23-12-10-16-9-11-22-15(16)5/h9,11,13-14,22H,6-8,10,12H2,1-5H3,(H2,21,25)(H,23,24)/b20-17-. The molecule has 2 rings (SSSR count). The molecular formula is C20H33N5. The zero-order valence-electron chi connectivity index (χ0n) is 16.3. The lowest BCUT2D eigenvalue weighted by molar-refractivity contribution is 0.664. The number of H-pyrrole nitrogens is 1. The predicted octanol–water partition coefficient (Wildman–Crippen LogP) is 3.92. The number of rotatable bonds is 5. The monoisotopic (exact) mass is 343 g/mol. The highest BCUT2D eigenvalue weighted by molar-refractivity contribution is 5.89. The first-order valence-corrected chi connectivity index (χ1v) is 9.42. The Morgan fingerprint density at radius 1 is 1.44 bits per heavy atom. The molecule has 1 aromatic heterocycles. The van der Waals surface area contributed by atoms with Gasteiger partial charge in [0.1, 0.15) is 17.5 Å². The van der Waals surface area contributed by atoms with E-state index >= 15 is 0 Å². The quantitative estimate of drug-likeness (QED) is 0.757. The van der Waals surface area contributed by atoms with E-state index in [2.05, 4.69) is 51.0 Å². The van der Waals surface area contributed by atoms with Crippen molar-refractivity contribution in [3.63, 3.8) is 0 Å². The maximum absolute atomic E-state index is 6.19. The first-order valence-electron chi connectivity index (χ1n) is 9.42. The normalized spacial score (nSPS) is 22.4. The highest BCUT2D eigenvalue weighted by Gasteiger charge is 2.18. The molecule has 0 saturated carbocycles. The van der Waals surface area contributed by atoms with Crippen molar-refractivity contribution in [2.45, 2.75) is 60.3 Å². The number of nitrogens with zero attached hydrogens (tertiary/aromatic N) is 2. The SMILES string of the molecule is CC/C(=C1/N=C(N)C(C)CCC(=NCCc2cc[nH]c2C)N1)C(C)C. The predicted molar refractivity (Wildman–Crippen MR) is 107 cm³/mol. The molecule has 4 N–H and O–H groups in total. The second-order valence-corrected chi connectivity index (χ2v) is 7.19. The lowest BCUT2D eigenvalue weighted by Gasteiger charge is -2.22. The molecule has 0 spiro atoms. The number of hydrogen-bond donors (Lipinski definition) is 3. The van der Waals surface area contributed by atoms with E-state index < -0.39 is 0 Å². The summed E-state index contributed by atoms with van der Waals surface area (Å²) in [5.74, 6) is 3.36. The van der Waals surface area contributed by atoms with Crippen LogP contribution in [-0.2, 0) is 6.42 Å². The molecule has 0 amide bonds. The summed E-state index contributed by atoms with van der Waals surface area (Å²) < 4.78 is 0. The molecule has 0 aliphatic carbocycles. The summed E-state index contributed by atoms with van der Waals surface area (Å²) in [6.07, 6.45) is 5.78. The summed E-state index contributed by atoms with van der Waals surface area (Å²) in [6, 6.07) is 2.13. The minimum absolute atomic E-state index is 0.277. The van der Waals surface area contributed by atoms with E-state index in [1.807, 2.05) is 6.20 Å². The molecule has 0 fully saturated rings. The van der Waals surface area contributed by atoms with Gasteiger partial charge in [-0.15, -0.1) is 0 Å². The number of hydrogen-bond acceptors (Lipinski definition) is 3. The average Bonchev–Trinajstić information content (AvgIpc) is 2.96. The van der Waals surface area contributed by atoms with Gasteiger partial charge < -0.3 is 16.0 Å². The summed E-state index contributed by atoms with van der Waals surface area (Å²) in [5, 5.41) is 3.49. The van der Waals surface area contributed by atoms with Crippen LogP contribution in [0.2, 0.25) is 0 Å². The van der Waals surface area contributed by atoms with Crippen molar-refractivity contribution in [1.82, 2.24) is 10.3 Å². The molecule has 1 aliphatic rings. The van der Waals surface area contributed by atoms with Crippen molar-refractivity contribution in [2.24, 2.45) is 27.6 Å². The molecule has 25 heavy (non-hydrogen) atoms. The molecule has 0 saturated heterocycles. The zero-order valence-corrected chi connectivity index (χ0v) is 16.3. The van der Waals surface area contributed by atoms with E-state index in [4.69, 9.17) is 15.7 Å². The number of nitrogens with two attached hydrogens (primary N) is 1. The van der Waals surface area contributed by atoms with Gasteiger partial charge in [0.15, 0.2) is 0 Å². The van der Waals surface area contributed by atoms with E-state index in [0.717, 1.165) is 49.7 Å². The number of amidine groups is 2. The highest BCUT2D eigenvalue weighted by Crippen LogP contribution is 2.21. The lowest BCUT2D eigenvalue weighted by Crippen LogP contribution is -2.32. The van der Waals surface area contributed by atoms with Gasteiger partial charge in [-0.1, -0.05) is 27.7 Å². The maximum Gasteiger partial charge on any atom is 0.132 e. The van der Waals surface area contributed by atoms with Crippen LogP contribution >= 0.6 is 0 Å². The maximum atomic E-state index is 6.19. The molecule has 5 heteroatoms. The fourth-order valence-corrected chi connectivity index (χ4v) is 3.15. The molecule has 1 unspecified atom stereocenters. The highest BCUT2D eigenvalue weighted by atomic mass is 15.1. The first kappa shape index (κ1) is 19.3. The van der Waals surface area contributed by atoms with Crippen molar-refractivity contribution in [3.05, 3.63) is 34.9 Å². The molecule has 5 nitrogen and oxygen atoms in total. The van der Waals surface area contributed by atoms with Gasteiger partial charge >= 0.3 is 0 Å². The van der Waals surface area contributed by atoms with Crippen molar-refractivity contribution in [3.8, 4) is 0 Å². The summed E-state index contributed by atoms with van der Waals surface area (Å²) in [7, 11) is 0. The fraction of sp³-hybridized carbons (Fsp3) is 0.600. The lowest BCUT2D eigenvalue weighted by atomic mass is 9.99. The van der Waals surface area contributed by atoms with Gasteiger partial charge in [0.25, 0.3) is 0 Å². The summed E-state index contributed by atoms with van der Waals surface area (Å²) in [5.41, 5.74) is 10.0. The Hall–Kier alpha value is -2.04. The minimum atomic E-state index is 0.277. The Morgan fingerprint density at radius 2 is 2.20 bits per heavy atom. The molecule has 138 valence electrons. The molecule has 0 radical (unpaired) electrons. The second-order valence-electron chi connectivity index (χ2n) is 7.19. The van der Waals surface area contributed by atoms with Gasteiger partial charge in [0.05, 0.1) is 0 Å².